The van der Waals surface area contributed by atoms with Gasteiger partial charge in [-0.2, -0.15) is 5.10 Å². The normalized spacial score (nSPS) is 18.0. The fourth-order valence-electron chi connectivity index (χ4n) is 5.21. The average molecular weight is 534 g/mol. The number of carbonyl (C=O) groups is 1. The Kier molecular flexibility index (Phi) is 7.02. The molecule has 0 radical (unpaired) electrons. The van der Waals surface area contributed by atoms with E-state index in [0.29, 0.717) is 26.4 Å². The number of halogens is 3. The summed E-state index contributed by atoms with van der Waals surface area (Å²) in [6.45, 7) is 10.8. The number of nitrogens with one attached hydrogen (secondary N) is 1. The first-order chi connectivity index (χ1) is 16.3. The van der Waals surface area contributed by atoms with Crippen LogP contribution in [-0.4, -0.2) is 44.8 Å². The lowest BCUT2D eigenvalue weighted by Crippen LogP contribution is -2.62. The molecule has 1 N–H and O–H groups in total. The second-order valence-corrected chi connectivity index (χ2v) is 11.9. The molecule has 4 rings (SSSR count). The van der Waals surface area contributed by atoms with Crippen molar-refractivity contribution in [2.75, 3.05) is 7.05 Å². The van der Waals surface area contributed by atoms with Crippen molar-refractivity contribution in [1.82, 2.24) is 20.0 Å². The fourth-order valence-corrected chi connectivity index (χ4v) is 5.83. The quantitative estimate of drug-likeness (QED) is 0.386. The maximum absolute atomic E-state index is 13.6. The van der Waals surface area contributed by atoms with E-state index in [-0.39, 0.29) is 23.0 Å². The number of aromatic nitrogens is 2. The topological polar surface area (TPSA) is 50.2 Å². The van der Waals surface area contributed by atoms with E-state index in [9.17, 15) is 4.79 Å². The molecule has 1 fully saturated rings. The zero-order chi connectivity index (χ0) is 25.7. The van der Waals surface area contributed by atoms with Crippen LogP contribution in [0, 0.1) is 6.92 Å². The molecule has 0 saturated carbocycles. The SMILES string of the molecule is Cc1c(C(=O)NC2CC(C)(C)N(C)C(C)(C)C2)nn(-c2ccc(Cl)cc2Cl)c1-c1ccc(Cl)cc1. The van der Waals surface area contributed by atoms with Gasteiger partial charge in [-0.25, -0.2) is 4.68 Å². The van der Waals surface area contributed by atoms with Gasteiger partial charge in [-0.3, -0.25) is 9.69 Å². The van der Waals surface area contributed by atoms with Gasteiger partial charge in [0.1, 0.15) is 0 Å². The van der Waals surface area contributed by atoms with Gasteiger partial charge in [0.15, 0.2) is 5.69 Å². The highest BCUT2D eigenvalue weighted by Gasteiger charge is 2.43. The van der Waals surface area contributed by atoms with Crippen molar-refractivity contribution in [2.45, 2.75) is 64.6 Å². The highest BCUT2D eigenvalue weighted by molar-refractivity contribution is 6.35. The maximum Gasteiger partial charge on any atom is 0.272 e. The smallest absolute Gasteiger partial charge is 0.272 e. The number of likely N-dealkylation sites (tertiary alicyclic amines) is 1. The van der Waals surface area contributed by atoms with Crippen LogP contribution in [0.1, 0.15) is 56.6 Å². The Morgan fingerprint density at radius 2 is 1.54 bits per heavy atom. The molecule has 3 aromatic rings. The predicted molar refractivity (Wildman–Crippen MR) is 145 cm³/mol. The third-order valence-electron chi connectivity index (χ3n) is 7.24. The van der Waals surface area contributed by atoms with E-state index in [1.54, 1.807) is 22.9 Å². The lowest BCUT2D eigenvalue weighted by Gasteiger charge is -2.53. The van der Waals surface area contributed by atoms with Crippen LogP contribution in [-0.2, 0) is 0 Å². The number of hydrogen-bond acceptors (Lipinski definition) is 3. The molecule has 0 aliphatic carbocycles. The van der Waals surface area contributed by atoms with E-state index in [1.165, 1.54) is 0 Å². The Labute approximate surface area is 222 Å². The zero-order valence-electron chi connectivity index (χ0n) is 20.9. The summed E-state index contributed by atoms with van der Waals surface area (Å²) in [5.74, 6) is -0.192. The molecule has 186 valence electrons. The molecular weight excluding hydrogens is 503 g/mol. The number of hydrogen-bond donors (Lipinski definition) is 1. The monoisotopic (exact) mass is 532 g/mol. The highest BCUT2D eigenvalue weighted by atomic mass is 35.5. The van der Waals surface area contributed by atoms with E-state index in [0.717, 1.165) is 29.7 Å². The Balaban J connectivity index is 1.76. The Bertz CT molecular complexity index is 1250. The van der Waals surface area contributed by atoms with Crippen molar-refractivity contribution in [2.24, 2.45) is 0 Å². The van der Waals surface area contributed by atoms with Gasteiger partial charge in [-0.1, -0.05) is 46.9 Å². The minimum absolute atomic E-state index is 0.0337. The van der Waals surface area contributed by atoms with Gasteiger partial charge in [0, 0.05) is 38.3 Å². The van der Waals surface area contributed by atoms with Crippen molar-refractivity contribution in [3.8, 4) is 16.9 Å². The largest absolute Gasteiger partial charge is 0.348 e. The number of carbonyl (C=O) groups excluding carboxylic acids is 1. The number of piperidine rings is 1. The molecule has 1 saturated heterocycles. The van der Waals surface area contributed by atoms with Crippen molar-refractivity contribution in [3.05, 3.63) is 68.8 Å². The van der Waals surface area contributed by atoms with Crippen LogP contribution in [0.25, 0.3) is 16.9 Å². The summed E-state index contributed by atoms with van der Waals surface area (Å²) in [6.07, 6.45) is 1.71. The number of nitrogens with zero attached hydrogens (tertiary/aromatic N) is 3. The molecule has 1 amide bonds. The van der Waals surface area contributed by atoms with E-state index in [4.69, 9.17) is 39.9 Å². The molecule has 0 unspecified atom stereocenters. The molecular formula is C27H31Cl3N4O. The lowest BCUT2D eigenvalue weighted by atomic mass is 9.77. The Hall–Kier alpha value is -2.05. The molecule has 0 bridgehead atoms. The summed E-state index contributed by atoms with van der Waals surface area (Å²) >= 11 is 18.8. The van der Waals surface area contributed by atoms with Crippen LogP contribution in [0.3, 0.4) is 0 Å². The molecule has 5 nitrogen and oxygen atoms in total. The summed E-state index contributed by atoms with van der Waals surface area (Å²) in [7, 11) is 2.15. The van der Waals surface area contributed by atoms with Crippen LogP contribution in [0.15, 0.2) is 42.5 Å². The highest BCUT2D eigenvalue weighted by Crippen LogP contribution is 2.37. The van der Waals surface area contributed by atoms with Crippen LogP contribution in [0.4, 0.5) is 0 Å². The first-order valence-corrected chi connectivity index (χ1v) is 12.8. The minimum atomic E-state index is -0.192. The predicted octanol–water partition coefficient (Wildman–Crippen LogP) is 7.19. The summed E-state index contributed by atoms with van der Waals surface area (Å²) in [6, 6.07) is 12.7. The molecule has 1 aliphatic rings. The summed E-state index contributed by atoms with van der Waals surface area (Å²) in [5, 5.41) is 9.63. The minimum Gasteiger partial charge on any atom is -0.348 e. The Morgan fingerprint density at radius 3 is 2.11 bits per heavy atom. The first-order valence-electron chi connectivity index (χ1n) is 11.7. The second-order valence-electron chi connectivity index (χ2n) is 10.6. The van der Waals surface area contributed by atoms with Crippen LogP contribution >= 0.6 is 34.8 Å². The van der Waals surface area contributed by atoms with Crippen LogP contribution < -0.4 is 5.32 Å². The average Bonchev–Trinajstić information content (AvgIpc) is 3.09. The summed E-state index contributed by atoms with van der Waals surface area (Å²) in [5.41, 5.74) is 3.35. The van der Waals surface area contributed by atoms with Gasteiger partial charge in [-0.15, -0.1) is 0 Å². The molecule has 0 atom stereocenters. The van der Waals surface area contributed by atoms with Crippen molar-refractivity contribution >= 4 is 40.7 Å². The summed E-state index contributed by atoms with van der Waals surface area (Å²) in [4.78, 5) is 16.0. The van der Waals surface area contributed by atoms with Gasteiger partial charge < -0.3 is 5.32 Å². The molecule has 1 aromatic heterocycles. The van der Waals surface area contributed by atoms with Gasteiger partial charge >= 0.3 is 0 Å². The van der Waals surface area contributed by atoms with Crippen molar-refractivity contribution in [1.29, 1.82) is 0 Å². The summed E-state index contributed by atoms with van der Waals surface area (Å²) < 4.78 is 1.72. The van der Waals surface area contributed by atoms with E-state index in [2.05, 4.69) is 45.0 Å². The Morgan fingerprint density at radius 1 is 0.971 bits per heavy atom. The molecule has 1 aliphatic heterocycles. The van der Waals surface area contributed by atoms with Gasteiger partial charge in [0.25, 0.3) is 5.91 Å². The lowest BCUT2D eigenvalue weighted by molar-refractivity contribution is -0.0169. The molecule has 8 heteroatoms. The fraction of sp³-hybridized carbons (Fsp3) is 0.407. The molecule has 2 aromatic carbocycles. The molecule has 2 heterocycles. The van der Waals surface area contributed by atoms with Crippen molar-refractivity contribution < 1.29 is 4.79 Å². The van der Waals surface area contributed by atoms with Crippen molar-refractivity contribution in [3.63, 3.8) is 0 Å². The van der Waals surface area contributed by atoms with Gasteiger partial charge in [-0.05, 0) is 84.8 Å². The first kappa shape index (κ1) is 26.0. The standard InChI is InChI=1S/C27H31Cl3N4O/c1-16-23(25(35)31-20-14-26(2,3)33(6)27(4,5)15-20)32-34(22-12-11-19(29)13-21(22)30)24(16)17-7-9-18(28)10-8-17/h7-13,20H,14-15H2,1-6H3,(H,31,35). The maximum atomic E-state index is 13.6. The van der Waals surface area contributed by atoms with Crippen LogP contribution in [0.5, 0.6) is 0 Å². The molecule has 0 spiro atoms. The van der Waals surface area contributed by atoms with Gasteiger partial charge in [0.05, 0.1) is 16.4 Å². The number of amides is 1. The number of benzene rings is 2. The third-order valence-corrected chi connectivity index (χ3v) is 8.03. The van der Waals surface area contributed by atoms with E-state index >= 15 is 0 Å². The van der Waals surface area contributed by atoms with E-state index in [1.807, 2.05) is 31.2 Å². The van der Waals surface area contributed by atoms with E-state index < -0.39 is 0 Å². The molecule has 35 heavy (non-hydrogen) atoms. The number of rotatable bonds is 4. The zero-order valence-corrected chi connectivity index (χ0v) is 23.2. The third kappa shape index (κ3) is 5.10. The van der Waals surface area contributed by atoms with Gasteiger partial charge in [0.2, 0.25) is 0 Å². The van der Waals surface area contributed by atoms with Crippen LogP contribution in [0.2, 0.25) is 15.1 Å². The second kappa shape index (κ2) is 9.44.